The summed E-state index contributed by atoms with van der Waals surface area (Å²) in [5.41, 5.74) is 8.56. The highest BCUT2D eigenvalue weighted by Gasteiger charge is 2.10. The molecule has 0 N–H and O–H groups in total. The minimum Gasteiger partial charge on any atom is -0.494 e. The Labute approximate surface area is 193 Å². The molecule has 0 amide bonds. The number of allylic oxidation sites excluding steroid dienone is 4. The summed E-state index contributed by atoms with van der Waals surface area (Å²) in [5, 5.41) is 0. The minimum absolute atomic E-state index is 0.547. The number of rotatable bonds is 9. The summed E-state index contributed by atoms with van der Waals surface area (Å²) in [4.78, 5) is 0. The van der Waals surface area contributed by atoms with E-state index in [0.29, 0.717) is 12.5 Å². The van der Waals surface area contributed by atoms with E-state index < -0.39 is 0 Å². The third-order valence-corrected chi connectivity index (χ3v) is 6.44. The maximum Gasteiger partial charge on any atom is 0.119 e. The second kappa shape index (κ2) is 11.0. The van der Waals surface area contributed by atoms with Crippen LogP contribution in [0.4, 0.5) is 0 Å². The second-order valence-corrected chi connectivity index (χ2v) is 8.81. The highest BCUT2D eigenvalue weighted by atomic mass is 16.5. The van der Waals surface area contributed by atoms with Crippen LogP contribution in [0.5, 0.6) is 5.75 Å². The molecule has 0 spiro atoms. The molecule has 164 valence electrons. The SMILES string of the molecule is CCOc1ccc(C2=CC=C(CCc3ccc(C[C@H](C)c4ccccc4)cc3)CC2)cc1. The van der Waals surface area contributed by atoms with E-state index in [-0.39, 0.29) is 0 Å². The van der Waals surface area contributed by atoms with Crippen molar-refractivity contribution in [2.45, 2.75) is 51.9 Å². The smallest absolute Gasteiger partial charge is 0.119 e. The van der Waals surface area contributed by atoms with Gasteiger partial charge in [-0.25, -0.2) is 0 Å². The van der Waals surface area contributed by atoms with Gasteiger partial charge in [-0.2, -0.15) is 0 Å². The zero-order chi connectivity index (χ0) is 22.2. The fraction of sp³-hybridized carbons (Fsp3) is 0.290. The van der Waals surface area contributed by atoms with Gasteiger partial charge in [0.1, 0.15) is 5.75 Å². The molecular formula is C31H34O. The van der Waals surface area contributed by atoms with Gasteiger partial charge in [-0.15, -0.1) is 0 Å². The molecule has 1 aliphatic carbocycles. The molecule has 0 heterocycles. The highest BCUT2D eigenvalue weighted by molar-refractivity contribution is 5.69. The molecule has 1 heteroatoms. The average Bonchev–Trinajstić information content (AvgIpc) is 2.85. The summed E-state index contributed by atoms with van der Waals surface area (Å²) < 4.78 is 5.55. The minimum atomic E-state index is 0.547. The molecular weight excluding hydrogens is 388 g/mol. The largest absolute Gasteiger partial charge is 0.494 e. The maximum absolute atomic E-state index is 5.55. The Morgan fingerprint density at radius 1 is 0.750 bits per heavy atom. The van der Waals surface area contributed by atoms with E-state index in [1.807, 2.05) is 6.92 Å². The molecule has 3 aromatic rings. The van der Waals surface area contributed by atoms with Crippen molar-refractivity contribution in [3.63, 3.8) is 0 Å². The van der Waals surface area contributed by atoms with Crippen LogP contribution in [0, 0.1) is 0 Å². The summed E-state index contributed by atoms with van der Waals surface area (Å²) in [7, 11) is 0. The third kappa shape index (κ3) is 6.01. The van der Waals surface area contributed by atoms with Gasteiger partial charge < -0.3 is 4.74 Å². The first-order chi connectivity index (χ1) is 15.7. The van der Waals surface area contributed by atoms with E-state index in [4.69, 9.17) is 4.74 Å². The Morgan fingerprint density at radius 2 is 1.47 bits per heavy atom. The molecule has 32 heavy (non-hydrogen) atoms. The predicted octanol–water partition coefficient (Wildman–Crippen LogP) is 8.17. The summed E-state index contributed by atoms with van der Waals surface area (Å²) >= 11 is 0. The molecule has 0 bridgehead atoms. The second-order valence-electron chi connectivity index (χ2n) is 8.81. The molecule has 0 saturated carbocycles. The van der Waals surface area contributed by atoms with Crippen molar-refractivity contribution < 1.29 is 4.74 Å². The number of aryl methyl sites for hydroxylation is 1. The molecule has 4 rings (SSSR count). The van der Waals surface area contributed by atoms with Gasteiger partial charge in [0, 0.05) is 0 Å². The Hall–Kier alpha value is -3.06. The molecule has 1 aliphatic rings. The van der Waals surface area contributed by atoms with Crippen LogP contribution < -0.4 is 4.74 Å². The molecule has 0 saturated heterocycles. The van der Waals surface area contributed by atoms with Gasteiger partial charge in [0.25, 0.3) is 0 Å². The predicted molar refractivity (Wildman–Crippen MR) is 136 cm³/mol. The normalized spacial score (nSPS) is 14.4. The van der Waals surface area contributed by atoms with Crippen LogP contribution in [0.2, 0.25) is 0 Å². The standard InChI is InChI=1S/C31H34O/c1-3-32-31-21-19-30(20-22-31)29-17-15-26(16-18-29)10-9-25-11-13-27(14-12-25)23-24(2)28-7-5-4-6-8-28/h4-8,11-15,17,19-22,24H,3,9-10,16,18,23H2,1-2H3/t24-/m0/s1. The third-order valence-electron chi connectivity index (χ3n) is 6.44. The average molecular weight is 423 g/mol. The Morgan fingerprint density at radius 3 is 2.12 bits per heavy atom. The lowest BCUT2D eigenvalue weighted by Gasteiger charge is -2.16. The quantitative estimate of drug-likeness (QED) is 0.338. The number of hydrogen-bond acceptors (Lipinski definition) is 1. The van der Waals surface area contributed by atoms with Gasteiger partial charge in [-0.3, -0.25) is 0 Å². The van der Waals surface area contributed by atoms with Crippen molar-refractivity contribution >= 4 is 5.57 Å². The molecule has 3 aromatic carbocycles. The van der Waals surface area contributed by atoms with Gasteiger partial charge in [-0.1, -0.05) is 91.4 Å². The molecule has 0 aliphatic heterocycles. The van der Waals surface area contributed by atoms with Crippen molar-refractivity contribution in [1.82, 2.24) is 0 Å². The lowest BCUT2D eigenvalue weighted by molar-refractivity contribution is 0.340. The van der Waals surface area contributed by atoms with E-state index in [0.717, 1.165) is 37.9 Å². The zero-order valence-corrected chi connectivity index (χ0v) is 19.4. The summed E-state index contributed by atoms with van der Waals surface area (Å²) in [6, 6.07) is 28.6. The number of hydrogen-bond donors (Lipinski definition) is 0. The van der Waals surface area contributed by atoms with Crippen LogP contribution in [0.15, 0.2) is 96.6 Å². The lowest BCUT2D eigenvalue weighted by atomic mass is 9.90. The van der Waals surface area contributed by atoms with Crippen molar-refractivity contribution in [1.29, 1.82) is 0 Å². The summed E-state index contributed by atoms with van der Waals surface area (Å²) in [6.45, 7) is 5.04. The van der Waals surface area contributed by atoms with Crippen LogP contribution in [-0.4, -0.2) is 6.61 Å². The van der Waals surface area contributed by atoms with Gasteiger partial charge in [0.2, 0.25) is 0 Å². The van der Waals surface area contributed by atoms with Crippen LogP contribution in [0.3, 0.4) is 0 Å². The van der Waals surface area contributed by atoms with Crippen LogP contribution >= 0.6 is 0 Å². The van der Waals surface area contributed by atoms with E-state index in [2.05, 4.69) is 97.9 Å². The van der Waals surface area contributed by atoms with Crippen LogP contribution in [-0.2, 0) is 12.8 Å². The fourth-order valence-electron chi connectivity index (χ4n) is 4.46. The lowest BCUT2D eigenvalue weighted by Crippen LogP contribution is -1.99. The first-order valence-corrected chi connectivity index (χ1v) is 12.0. The van der Waals surface area contributed by atoms with E-state index >= 15 is 0 Å². The fourth-order valence-corrected chi connectivity index (χ4v) is 4.46. The Bertz CT molecular complexity index is 1040. The van der Waals surface area contributed by atoms with E-state index in [1.165, 1.54) is 27.8 Å². The topological polar surface area (TPSA) is 9.23 Å². The molecule has 0 unspecified atom stereocenters. The first-order valence-electron chi connectivity index (χ1n) is 12.0. The van der Waals surface area contributed by atoms with Gasteiger partial charge >= 0.3 is 0 Å². The van der Waals surface area contributed by atoms with Gasteiger partial charge in [-0.05, 0) is 84.9 Å². The van der Waals surface area contributed by atoms with E-state index in [1.54, 1.807) is 5.57 Å². The maximum atomic E-state index is 5.55. The zero-order valence-electron chi connectivity index (χ0n) is 19.4. The van der Waals surface area contributed by atoms with Gasteiger partial charge in [0.05, 0.1) is 6.61 Å². The first kappa shape index (κ1) is 22.1. The number of benzene rings is 3. The number of ether oxygens (including phenoxy) is 1. The molecule has 1 nitrogen and oxygen atoms in total. The molecule has 0 radical (unpaired) electrons. The van der Waals surface area contributed by atoms with Crippen LogP contribution in [0.1, 0.15) is 61.3 Å². The summed E-state index contributed by atoms with van der Waals surface area (Å²) in [6.07, 6.45) is 10.3. The van der Waals surface area contributed by atoms with Crippen molar-refractivity contribution in [2.75, 3.05) is 6.61 Å². The van der Waals surface area contributed by atoms with E-state index in [9.17, 15) is 0 Å². The van der Waals surface area contributed by atoms with Crippen molar-refractivity contribution in [3.05, 3.63) is 119 Å². The molecule has 0 fully saturated rings. The Balaban J connectivity index is 1.29. The highest BCUT2D eigenvalue weighted by Crippen LogP contribution is 2.30. The van der Waals surface area contributed by atoms with Crippen molar-refractivity contribution in [2.24, 2.45) is 0 Å². The van der Waals surface area contributed by atoms with Crippen molar-refractivity contribution in [3.8, 4) is 5.75 Å². The van der Waals surface area contributed by atoms with Gasteiger partial charge in [0.15, 0.2) is 0 Å². The van der Waals surface area contributed by atoms with Crippen LogP contribution in [0.25, 0.3) is 5.57 Å². The molecule has 0 aromatic heterocycles. The molecule has 1 atom stereocenters. The summed E-state index contributed by atoms with van der Waals surface area (Å²) in [5.74, 6) is 1.50. The monoisotopic (exact) mass is 422 g/mol. The Kier molecular flexibility index (Phi) is 7.61.